The van der Waals surface area contributed by atoms with E-state index in [0.717, 1.165) is 13.0 Å². The Morgan fingerprint density at radius 3 is 2.52 bits per heavy atom. The molecule has 0 spiro atoms. The van der Waals surface area contributed by atoms with Crippen LogP contribution in [0, 0.1) is 5.92 Å². The minimum absolute atomic E-state index is 0.116. The second kappa shape index (κ2) is 6.88. The third kappa shape index (κ3) is 4.44. The molecule has 3 nitrogen and oxygen atoms in total. The monoisotopic (exact) mass is 315 g/mol. The molecule has 0 radical (unpaired) electrons. The third-order valence-electron chi connectivity index (χ3n) is 4.20. The molecule has 0 bridgehead atoms. The normalized spacial score (nSPS) is 18.6. The molecular weight excluding hydrogens is 286 g/mol. The minimum Gasteiger partial charge on any atom is -0.460 e. The fourth-order valence-electron chi connectivity index (χ4n) is 3.12. The van der Waals surface area contributed by atoms with Crippen molar-refractivity contribution in [1.29, 1.82) is 0 Å². The van der Waals surface area contributed by atoms with Crippen LogP contribution in [0.5, 0.6) is 0 Å². The predicted octanol–water partition coefficient (Wildman–Crippen LogP) is 4.10. The van der Waals surface area contributed by atoms with Crippen LogP contribution in [-0.2, 0) is 9.53 Å². The first kappa shape index (κ1) is 17.7. The van der Waals surface area contributed by atoms with Crippen molar-refractivity contribution < 1.29 is 9.53 Å². The van der Waals surface area contributed by atoms with Gasteiger partial charge in [-0.25, -0.2) is 0 Å². The SMILES string of the molecule is CC(C(=O)OC(C)(C)C)C1C(CCN(C)C)=Cc2ccccc21. The van der Waals surface area contributed by atoms with E-state index in [0.29, 0.717) is 0 Å². The molecule has 1 aromatic carbocycles. The maximum atomic E-state index is 12.6. The highest BCUT2D eigenvalue weighted by Gasteiger charge is 2.35. The summed E-state index contributed by atoms with van der Waals surface area (Å²) < 4.78 is 5.62. The fourth-order valence-corrected chi connectivity index (χ4v) is 3.12. The first-order valence-electron chi connectivity index (χ1n) is 8.36. The zero-order valence-electron chi connectivity index (χ0n) is 15.2. The molecule has 0 aromatic heterocycles. The molecule has 0 saturated carbocycles. The van der Waals surface area contributed by atoms with Gasteiger partial charge in [-0.3, -0.25) is 4.79 Å². The summed E-state index contributed by atoms with van der Waals surface area (Å²) in [5, 5.41) is 0. The molecule has 2 atom stereocenters. The molecule has 23 heavy (non-hydrogen) atoms. The molecule has 1 aliphatic rings. The number of carbonyl (C=O) groups is 1. The maximum absolute atomic E-state index is 12.6. The van der Waals surface area contributed by atoms with Crippen LogP contribution in [0.25, 0.3) is 6.08 Å². The van der Waals surface area contributed by atoms with E-state index >= 15 is 0 Å². The van der Waals surface area contributed by atoms with Gasteiger partial charge in [0.05, 0.1) is 5.92 Å². The third-order valence-corrected chi connectivity index (χ3v) is 4.20. The molecule has 1 aliphatic carbocycles. The zero-order valence-corrected chi connectivity index (χ0v) is 15.2. The fraction of sp³-hybridized carbons (Fsp3) is 0.550. The average Bonchev–Trinajstić information content (AvgIpc) is 2.80. The van der Waals surface area contributed by atoms with Gasteiger partial charge in [0.25, 0.3) is 0 Å². The molecule has 126 valence electrons. The van der Waals surface area contributed by atoms with E-state index in [2.05, 4.69) is 49.3 Å². The van der Waals surface area contributed by atoms with Crippen LogP contribution in [0.1, 0.15) is 51.2 Å². The number of ether oxygens (including phenoxy) is 1. The van der Waals surface area contributed by atoms with E-state index in [4.69, 9.17) is 4.74 Å². The summed E-state index contributed by atoms with van der Waals surface area (Å²) in [6.45, 7) is 8.73. The second-order valence-corrected chi connectivity index (χ2v) is 7.70. The van der Waals surface area contributed by atoms with Crippen molar-refractivity contribution in [3.05, 3.63) is 41.0 Å². The lowest BCUT2D eigenvalue weighted by Crippen LogP contribution is -2.30. The van der Waals surface area contributed by atoms with E-state index < -0.39 is 5.60 Å². The highest BCUT2D eigenvalue weighted by Crippen LogP contribution is 2.43. The molecule has 3 heteroatoms. The Kier molecular flexibility index (Phi) is 5.30. The summed E-state index contributed by atoms with van der Waals surface area (Å²) in [5.41, 5.74) is 3.37. The molecule has 1 aromatic rings. The van der Waals surface area contributed by atoms with Crippen LogP contribution in [0.15, 0.2) is 29.8 Å². The van der Waals surface area contributed by atoms with Crippen LogP contribution in [-0.4, -0.2) is 37.1 Å². The molecule has 0 saturated heterocycles. The highest BCUT2D eigenvalue weighted by molar-refractivity contribution is 5.78. The van der Waals surface area contributed by atoms with Crippen LogP contribution in [0.2, 0.25) is 0 Å². The zero-order chi connectivity index (χ0) is 17.2. The smallest absolute Gasteiger partial charge is 0.310 e. The number of carbonyl (C=O) groups excluding carboxylic acids is 1. The summed E-state index contributed by atoms with van der Waals surface area (Å²) in [6.07, 6.45) is 3.23. The number of esters is 1. The standard InChI is InChI=1S/C20H29NO2/c1-14(19(22)23-20(2,3)4)18-16(11-12-21(5)6)13-15-9-7-8-10-17(15)18/h7-10,13-14,18H,11-12H2,1-6H3. The number of nitrogens with zero attached hydrogens (tertiary/aromatic N) is 1. The molecule has 2 unspecified atom stereocenters. The van der Waals surface area contributed by atoms with Gasteiger partial charge in [0, 0.05) is 12.5 Å². The van der Waals surface area contributed by atoms with Gasteiger partial charge in [0.1, 0.15) is 5.60 Å². The Morgan fingerprint density at radius 2 is 1.91 bits per heavy atom. The van der Waals surface area contributed by atoms with E-state index in [1.165, 1.54) is 16.7 Å². The van der Waals surface area contributed by atoms with E-state index in [1.807, 2.05) is 27.7 Å². The Morgan fingerprint density at radius 1 is 1.26 bits per heavy atom. The quantitative estimate of drug-likeness (QED) is 0.766. The van der Waals surface area contributed by atoms with E-state index in [-0.39, 0.29) is 17.8 Å². The Bertz CT molecular complexity index is 596. The molecular formula is C20H29NO2. The van der Waals surface area contributed by atoms with Crippen molar-refractivity contribution in [1.82, 2.24) is 4.90 Å². The number of fused-ring (bicyclic) bond motifs is 1. The predicted molar refractivity (Wildman–Crippen MR) is 95.3 cm³/mol. The highest BCUT2D eigenvalue weighted by atomic mass is 16.6. The average molecular weight is 315 g/mol. The van der Waals surface area contributed by atoms with Crippen molar-refractivity contribution in [3.63, 3.8) is 0 Å². The Labute approximate surface area is 140 Å². The van der Waals surface area contributed by atoms with Gasteiger partial charge in [-0.1, -0.05) is 42.8 Å². The summed E-state index contributed by atoms with van der Waals surface area (Å²) in [4.78, 5) is 14.8. The lowest BCUT2D eigenvalue weighted by atomic mass is 9.83. The largest absolute Gasteiger partial charge is 0.460 e. The molecule has 0 fully saturated rings. The van der Waals surface area contributed by atoms with Crippen molar-refractivity contribution in [2.45, 2.75) is 45.6 Å². The van der Waals surface area contributed by atoms with Crippen molar-refractivity contribution in [2.24, 2.45) is 5.92 Å². The van der Waals surface area contributed by atoms with Gasteiger partial charge in [0.2, 0.25) is 0 Å². The van der Waals surface area contributed by atoms with Gasteiger partial charge in [-0.15, -0.1) is 0 Å². The number of hydrogen-bond donors (Lipinski definition) is 0. The number of rotatable bonds is 5. The number of hydrogen-bond acceptors (Lipinski definition) is 3. The lowest BCUT2D eigenvalue weighted by Gasteiger charge is -2.27. The Hall–Kier alpha value is -1.61. The van der Waals surface area contributed by atoms with Crippen LogP contribution in [0.3, 0.4) is 0 Å². The maximum Gasteiger partial charge on any atom is 0.310 e. The lowest BCUT2D eigenvalue weighted by molar-refractivity contribution is -0.159. The molecule has 0 N–H and O–H groups in total. The van der Waals surface area contributed by atoms with Gasteiger partial charge in [0.15, 0.2) is 0 Å². The van der Waals surface area contributed by atoms with E-state index in [9.17, 15) is 4.79 Å². The van der Waals surface area contributed by atoms with E-state index in [1.54, 1.807) is 0 Å². The summed E-state index contributed by atoms with van der Waals surface area (Å²) in [7, 11) is 4.16. The first-order valence-corrected chi connectivity index (χ1v) is 8.36. The van der Waals surface area contributed by atoms with Crippen LogP contribution < -0.4 is 0 Å². The van der Waals surface area contributed by atoms with Crippen molar-refractivity contribution >= 4 is 12.0 Å². The minimum atomic E-state index is -0.447. The van der Waals surface area contributed by atoms with Gasteiger partial charge < -0.3 is 9.64 Å². The van der Waals surface area contributed by atoms with Gasteiger partial charge in [-0.05, 0) is 52.4 Å². The molecule has 0 heterocycles. The number of benzene rings is 1. The second-order valence-electron chi connectivity index (χ2n) is 7.70. The van der Waals surface area contributed by atoms with Crippen LogP contribution >= 0.6 is 0 Å². The van der Waals surface area contributed by atoms with Crippen LogP contribution in [0.4, 0.5) is 0 Å². The van der Waals surface area contributed by atoms with Crippen molar-refractivity contribution in [3.8, 4) is 0 Å². The topological polar surface area (TPSA) is 29.5 Å². The van der Waals surface area contributed by atoms with Gasteiger partial charge in [-0.2, -0.15) is 0 Å². The summed E-state index contributed by atoms with van der Waals surface area (Å²) in [6, 6.07) is 8.38. The summed E-state index contributed by atoms with van der Waals surface area (Å²) >= 11 is 0. The first-order chi connectivity index (χ1) is 10.7. The Balaban J connectivity index is 2.25. The molecule has 0 aliphatic heterocycles. The molecule has 0 amide bonds. The molecule has 2 rings (SSSR count). The summed E-state index contributed by atoms with van der Waals surface area (Å²) in [5.74, 6) is -0.165. The van der Waals surface area contributed by atoms with Crippen molar-refractivity contribution in [2.75, 3.05) is 20.6 Å². The van der Waals surface area contributed by atoms with Gasteiger partial charge >= 0.3 is 5.97 Å².